The van der Waals surface area contributed by atoms with Crippen molar-refractivity contribution in [3.8, 4) is 0 Å². The van der Waals surface area contributed by atoms with E-state index in [4.69, 9.17) is 11.6 Å². The molecule has 0 fully saturated rings. The van der Waals surface area contributed by atoms with Crippen molar-refractivity contribution in [2.45, 2.75) is 20.8 Å². The van der Waals surface area contributed by atoms with Gasteiger partial charge in [0.2, 0.25) is 0 Å². The molecule has 0 heterocycles. The van der Waals surface area contributed by atoms with E-state index in [-0.39, 0.29) is 0 Å². The van der Waals surface area contributed by atoms with Crippen LogP contribution in [0.5, 0.6) is 0 Å². The average molecular weight is 157 g/mol. The van der Waals surface area contributed by atoms with Crippen LogP contribution in [-0.2, 0) is 0 Å². The lowest BCUT2D eigenvalue weighted by molar-refractivity contribution is 1.28. The first-order valence-electron chi connectivity index (χ1n) is 3.15. The van der Waals surface area contributed by atoms with Crippen molar-refractivity contribution in [3.63, 3.8) is 0 Å². The number of hydrogen-bond acceptors (Lipinski definition) is 0. The molecular formula is C9H13Cl. The predicted molar refractivity (Wildman–Crippen MR) is 48.2 cm³/mol. The Hall–Kier alpha value is -0.490. The van der Waals surface area contributed by atoms with E-state index in [1.54, 1.807) is 0 Å². The van der Waals surface area contributed by atoms with E-state index in [0.717, 1.165) is 16.7 Å². The maximum Gasteiger partial charge on any atom is 0.0366 e. The van der Waals surface area contributed by atoms with Gasteiger partial charge in [0.05, 0.1) is 0 Å². The van der Waals surface area contributed by atoms with Gasteiger partial charge in [-0.2, -0.15) is 0 Å². The number of allylic oxidation sites excluding steroid dienone is 4. The Morgan fingerprint density at radius 2 is 1.40 bits per heavy atom. The molecule has 0 bridgehead atoms. The molecule has 0 aromatic heterocycles. The summed E-state index contributed by atoms with van der Waals surface area (Å²) in [5, 5.41) is 0.598. The van der Waals surface area contributed by atoms with Gasteiger partial charge >= 0.3 is 0 Å². The van der Waals surface area contributed by atoms with Gasteiger partial charge in [-0.05, 0) is 31.9 Å². The van der Waals surface area contributed by atoms with Crippen molar-refractivity contribution < 1.29 is 0 Å². The molecule has 0 rings (SSSR count). The lowest BCUT2D eigenvalue weighted by Gasteiger charge is -2.04. The summed E-state index contributed by atoms with van der Waals surface area (Å²) in [5.74, 6) is 0. The molecule has 0 saturated carbocycles. The molecule has 10 heavy (non-hydrogen) atoms. The van der Waals surface area contributed by atoms with Crippen molar-refractivity contribution in [1.29, 1.82) is 0 Å². The van der Waals surface area contributed by atoms with Crippen molar-refractivity contribution in [1.82, 2.24) is 0 Å². The molecule has 0 saturated heterocycles. The summed E-state index contributed by atoms with van der Waals surface area (Å²) in [6, 6.07) is 0. The zero-order valence-corrected chi connectivity index (χ0v) is 7.55. The van der Waals surface area contributed by atoms with E-state index >= 15 is 0 Å². The summed E-state index contributed by atoms with van der Waals surface area (Å²) >= 11 is 5.67. The molecule has 0 aliphatic rings. The molecule has 0 aliphatic carbocycles. The van der Waals surface area contributed by atoms with Gasteiger partial charge < -0.3 is 0 Å². The maximum atomic E-state index is 5.67. The normalized spacial score (nSPS) is 12.4. The minimum atomic E-state index is 0.598. The van der Waals surface area contributed by atoms with E-state index in [1.807, 2.05) is 20.8 Å². The fourth-order valence-electron chi connectivity index (χ4n) is 0.524. The largest absolute Gasteiger partial charge is 0.0958 e. The van der Waals surface area contributed by atoms with Gasteiger partial charge in [0.1, 0.15) is 0 Å². The van der Waals surface area contributed by atoms with E-state index in [2.05, 4.69) is 13.2 Å². The van der Waals surface area contributed by atoms with Crippen LogP contribution in [0.3, 0.4) is 0 Å². The van der Waals surface area contributed by atoms with Crippen LogP contribution in [0.25, 0.3) is 0 Å². The number of halogens is 1. The van der Waals surface area contributed by atoms with Gasteiger partial charge in [-0.1, -0.05) is 30.3 Å². The molecule has 0 aromatic carbocycles. The maximum absolute atomic E-state index is 5.67. The molecule has 1 heteroatoms. The average Bonchev–Trinajstić information content (AvgIpc) is 1.84. The molecule has 0 atom stereocenters. The Morgan fingerprint density at radius 3 is 1.50 bits per heavy atom. The van der Waals surface area contributed by atoms with Crippen molar-refractivity contribution in [3.05, 3.63) is 34.9 Å². The summed E-state index contributed by atoms with van der Waals surface area (Å²) in [6.07, 6.45) is 0. The third-order valence-electron chi connectivity index (χ3n) is 1.61. The smallest absolute Gasteiger partial charge is 0.0366 e. The molecule has 0 radical (unpaired) electrons. The van der Waals surface area contributed by atoms with Gasteiger partial charge in [0.15, 0.2) is 0 Å². The summed E-state index contributed by atoms with van der Waals surface area (Å²) in [4.78, 5) is 0. The highest BCUT2D eigenvalue weighted by molar-refractivity contribution is 6.31. The van der Waals surface area contributed by atoms with E-state index in [1.165, 1.54) is 0 Å². The lowest BCUT2D eigenvalue weighted by atomic mass is 10.1. The summed E-state index contributed by atoms with van der Waals surface area (Å²) in [7, 11) is 0. The summed E-state index contributed by atoms with van der Waals surface area (Å²) in [5.41, 5.74) is 3.19. The van der Waals surface area contributed by atoms with Crippen LogP contribution in [-0.4, -0.2) is 0 Å². The fraction of sp³-hybridized carbons (Fsp3) is 0.333. The van der Waals surface area contributed by atoms with Crippen molar-refractivity contribution in [2.24, 2.45) is 0 Å². The van der Waals surface area contributed by atoms with Crippen LogP contribution >= 0.6 is 11.6 Å². The SMILES string of the molecule is C=C(C)/C(C)=C(/C)C(=C)Cl. The van der Waals surface area contributed by atoms with E-state index in [9.17, 15) is 0 Å². The molecule has 56 valence electrons. The van der Waals surface area contributed by atoms with Crippen LogP contribution in [0.2, 0.25) is 0 Å². The molecule has 0 amide bonds. The van der Waals surface area contributed by atoms with Gasteiger partial charge in [-0.15, -0.1) is 0 Å². The summed E-state index contributed by atoms with van der Waals surface area (Å²) < 4.78 is 0. The highest BCUT2D eigenvalue weighted by Crippen LogP contribution is 2.19. The second kappa shape index (κ2) is 3.62. The molecule has 0 aliphatic heterocycles. The second-order valence-corrected chi connectivity index (χ2v) is 2.89. The van der Waals surface area contributed by atoms with Gasteiger partial charge in [-0.3, -0.25) is 0 Å². The molecule has 0 spiro atoms. The highest BCUT2D eigenvalue weighted by atomic mass is 35.5. The van der Waals surface area contributed by atoms with Crippen molar-refractivity contribution >= 4 is 11.6 Å². The Labute approximate surface area is 67.9 Å². The first-order chi connectivity index (χ1) is 4.46. The molecule has 0 unspecified atom stereocenters. The van der Waals surface area contributed by atoms with Crippen molar-refractivity contribution in [2.75, 3.05) is 0 Å². The van der Waals surface area contributed by atoms with Crippen LogP contribution in [0.4, 0.5) is 0 Å². The van der Waals surface area contributed by atoms with Gasteiger partial charge in [0.25, 0.3) is 0 Å². The quantitative estimate of drug-likeness (QED) is 0.536. The van der Waals surface area contributed by atoms with Crippen LogP contribution in [0, 0.1) is 0 Å². The minimum absolute atomic E-state index is 0.598. The predicted octanol–water partition coefficient (Wildman–Crippen LogP) is 3.65. The lowest BCUT2D eigenvalue weighted by Crippen LogP contribution is -1.83. The second-order valence-electron chi connectivity index (χ2n) is 2.44. The van der Waals surface area contributed by atoms with Crippen LogP contribution in [0.15, 0.2) is 34.9 Å². The molecule has 0 N–H and O–H groups in total. The standard InChI is InChI=1S/C9H13Cl/c1-6(2)7(3)8(4)9(5)10/h1,5H2,2-4H3/b8-7-. The Balaban J connectivity index is 4.67. The highest BCUT2D eigenvalue weighted by Gasteiger charge is 1.98. The summed E-state index contributed by atoms with van der Waals surface area (Å²) in [6.45, 7) is 13.3. The number of rotatable bonds is 2. The molecule has 0 nitrogen and oxygen atoms in total. The monoisotopic (exact) mass is 156 g/mol. The Morgan fingerprint density at radius 1 is 1.00 bits per heavy atom. The first kappa shape index (κ1) is 9.51. The van der Waals surface area contributed by atoms with E-state index < -0.39 is 0 Å². The third-order valence-corrected chi connectivity index (χ3v) is 1.89. The minimum Gasteiger partial charge on any atom is -0.0958 e. The first-order valence-corrected chi connectivity index (χ1v) is 3.52. The zero-order chi connectivity index (χ0) is 8.31. The van der Waals surface area contributed by atoms with E-state index in [0.29, 0.717) is 5.03 Å². The topological polar surface area (TPSA) is 0 Å². The third kappa shape index (κ3) is 2.40. The Bertz CT molecular complexity index is 175. The fourth-order valence-corrected chi connectivity index (χ4v) is 0.665. The van der Waals surface area contributed by atoms with Crippen LogP contribution < -0.4 is 0 Å². The molecule has 0 aromatic rings. The van der Waals surface area contributed by atoms with Gasteiger partial charge in [-0.25, -0.2) is 0 Å². The Kier molecular flexibility index (Phi) is 3.45. The van der Waals surface area contributed by atoms with Gasteiger partial charge in [0, 0.05) is 5.03 Å². The van der Waals surface area contributed by atoms with Crippen LogP contribution in [0.1, 0.15) is 20.8 Å². The number of hydrogen-bond donors (Lipinski definition) is 0. The molecular weight excluding hydrogens is 144 g/mol. The zero-order valence-electron chi connectivity index (χ0n) is 6.79.